The monoisotopic (exact) mass is 228 g/mol. The van der Waals surface area contributed by atoms with E-state index in [-0.39, 0.29) is 11.5 Å². The largest absolute Gasteiger partial charge is 0.374 e. The van der Waals surface area contributed by atoms with E-state index in [1.54, 1.807) is 0 Å². The Kier molecular flexibility index (Phi) is 5.22. The number of amides is 1. The minimum absolute atomic E-state index is 0.0651. The van der Waals surface area contributed by atoms with Gasteiger partial charge in [-0.15, -0.1) is 0 Å². The third-order valence-electron chi connectivity index (χ3n) is 2.79. The van der Waals surface area contributed by atoms with Gasteiger partial charge in [-0.1, -0.05) is 13.8 Å². The standard InChI is InChI=1S/C12H24N2O2/c1-10(2)7-14-11(15)8-13-9-12(3)5-4-6-16-12/h10,13H,4-9H2,1-3H3,(H,14,15). The van der Waals surface area contributed by atoms with Gasteiger partial charge in [0.2, 0.25) is 5.91 Å². The van der Waals surface area contributed by atoms with Gasteiger partial charge in [-0.2, -0.15) is 0 Å². The Bertz CT molecular complexity index is 223. The number of rotatable bonds is 6. The van der Waals surface area contributed by atoms with Crippen LogP contribution in [0.2, 0.25) is 0 Å². The van der Waals surface area contributed by atoms with E-state index in [9.17, 15) is 4.79 Å². The molecule has 1 rings (SSSR count). The zero-order valence-electron chi connectivity index (χ0n) is 10.6. The molecule has 0 saturated carbocycles. The summed E-state index contributed by atoms with van der Waals surface area (Å²) in [5.41, 5.74) is -0.0711. The maximum atomic E-state index is 11.4. The summed E-state index contributed by atoms with van der Waals surface area (Å²) >= 11 is 0. The highest BCUT2D eigenvalue weighted by Crippen LogP contribution is 2.23. The van der Waals surface area contributed by atoms with Crippen molar-refractivity contribution in [1.29, 1.82) is 0 Å². The van der Waals surface area contributed by atoms with Crippen LogP contribution in [0, 0.1) is 5.92 Å². The highest BCUT2D eigenvalue weighted by Gasteiger charge is 2.29. The fourth-order valence-corrected chi connectivity index (χ4v) is 1.80. The Hall–Kier alpha value is -0.610. The summed E-state index contributed by atoms with van der Waals surface area (Å²) in [6, 6.07) is 0. The average molecular weight is 228 g/mol. The van der Waals surface area contributed by atoms with Crippen molar-refractivity contribution in [3.63, 3.8) is 0 Å². The Morgan fingerprint density at radius 3 is 2.81 bits per heavy atom. The SMILES string of the molecule is CC(C)CNC(=O)CNCC1(C)CCCO1. The summed E-state index contributed by atoms with van der Waals surface area (Å²) in [5, 5.41) is 6.03. The van der Waals surface area contributed by atoms with E-state index in [1.807, 2.05) is 0 Å². The number of nitrogens with one attached hydrogen (secondary N) is 2. The first-order valence-electron chi connectivity index (χ1n) is 6.13. The predicted octanol–water partition coefficient (Wildman–Crippen LogP) is 0.917. The van der Waals surface area contributed by atoms with Crippen molar-refractivity contribution in [2.24, 2.45) is 5.92 Å². The van der Waals surface area contributed by atoms with Crippen LogP contribution >= 0.6 is 0 Å². The molecule has 0 radical (unpaired) electrons. The number of hydrogen-bond donors (Lipinski definition) is 2. The molecule has 1 heterocycles. The van der Waals surface area contributed by atoms with Crippen LogP contribution in [0.15, 0.2) is 0 Å². The Morgan fingerprint density at radius 2 is 2.25 bits per heavy atom. The van der Waals surface area contributed by atoms with Crippen molar-refractivity contribution in [1.82, 2.24) is 10.6 Å². The average Bonchev–Trinajstić information content (AvgIpc) is 2.62. The normalized spacial score (nSPS) is 25.0. The van der Waals surface area contributed by atoms with Gasteiger partial charge in [0.15, 0.2) is 0 Å². The molecule has 1 amide bonds. The van der Waals surface area contributed by atoms with Crippen molar-refractivity contribution >= 4 is 5.91 Å². The van der Waals surface area contributed by atoms with Crippen molar-refractivity contribution in [3.8, 4) is 0 Å². The summed E-state index contributed by atoms with van der Waals surface area (Å²) in [4.78, 5) is 11.4. The number of hydrogen-bond acceptors (Lipinski definition) is 3. The number of carbonyl (C=O) groups excluding carboxylic acids is 1. The molecule has 1 fully saturated rings. The molecule has 1 atom stereocenters. The molecule has 94 valence electrons. The molecular weight excluding hydrogens is 204 g/mol. The van der Waals surface area contributed by atoms with Crippen molar-refractivity contribution < 1.29 is 9.53 Å². The fourth-order valence-electron chi connectivity index (χ4n) is 1.80. The van der Waals surface area contributed by atoms with Gasteiger partial charge in [-0.3, -0.25) is 4.79 Å². The van der Waals surface area contributed by atoms with Gasteiger partial charge < -0.3 is 15.4 Å². The Balaban J connectivity index is 2.08. The molecule has 4 heteroatoms. The number of ether oxygens (including phenoxy) is 1. The van der Waals surface area contributed by atoms with Crippen molar-refractivity contribution in [3.05, 3.63) is 0 Å². The van der Waals surface area contributed by atoms with E-state index < -0.39 is 0 Å². The fraction of sp³-hybridized carbons (Fsp3) is 0.917. The predicted molar refractivity (Wildman–Crippen MR) is 64.3 cm³/mol. The molecule has 0 aromatic heterocycles. The maximum Gasteiger partial charge on any atom is 0.233 e. The molecular formula is C12H24N2O2. The van der Waals surface area contributed by atoms with Crippen LogP contribution in [0.1, 0.15) is 33.6 Å². The van der Waals surface area contributed by atoms with Crippen LogP contribution in [-0.2, 0) is 9.53 Å². The zero-order chi connectivity index (χ0) is 12.0. The minimum Gasteiger partial charge on any atom is -0.374 e. The molecule has 0 bridgehead atoms. The van der Waals surface area contributed by atoms with Gasteiger partial charge in [-0.25, -0.2) is 0 Å². The van der Waals surface area contributed by atoms with E-state index in [4.69, 9.17) is 4.74 Å². The van der Waals surface area contributed by atoms with Crippen LogP contribution in [0.5, 0.6) is 0 Å². The molecule has 1 saturated heterocycles. The molecule has 16 heavy (non-hydrogen) atoms. The first-order chi connectivity index (χ1) is 7.52. The van der Waals surface area contributed by atoms with E-state index in [0.717, 1.165) is 32.5 Å². The van der Waals surface area contributed by atoms with Crippen molar-refractivity contribution in [2.75, 3.05) is 26.2 Å². The van der Waals surface area contributed by atoms with E-state index in [1.165, 1.54) is 0 Å². The zero-order valence-corrected chi connectivity index (χ0v) is 10.6. The van der Waals surface area contributed by atoms with E-state index in [0.29, 0.717) is 12.5 Å². The molecule has 0 aliphatic carbocycles. The highest BCUT2D eigenvalue weighted by molar-refractivity contribution is 5.77. The summed E-state index contributed by atoms with van der Waals surface area (Å²) in [6.45, 7) is 8.99. The second kappa shape index (κ2) is 6.21. The molecule has 0 spiro atoms. The molecule has 1 unspecified atom stereocenters. The summed E-state index contributed by atoms with van der Waals surface area (Å²) in [6.07, 6.45) is 2.20. The molecule has 0 aromatic rings. The smallest absolute Gasteiger partial charge is 0.233 e. The van der Waals surface area contributed by atoms with Gasteiger partial charge in [0.1, 0.15) is 0 Å². The first kappa shape index (κ1) is 13.5. The lowest BCUT2D eigenvalue weighted by atomic mass is 10.0. The van der Waals surface area contributed by atoms with Crippen LogP contribution in [0.4, 0.5) is 0 Å². The maximum absolute atomic E-state index is 11.4. The first-order valence-corrected chi connectivity index (χ1v) is 6.13. The Labute approximate surface area is 98.1 Å². The molecule has 0 aromatic carbocycles. The van der Waals surface area contributed by atoms with Gasteiger partial charge in [0.05, 0.1) is 12.1 Å². The van der Waals surface area contributed by atoms with E-state index in [2.05, 4.69) is 31.4 Å². The van der Waals surface area contributed by atoms with Gasteiger partial charge in [0, 0.05) is 19.7 Å². The topological polar surface area (TPSA) is 50.4 Å². The second-order valence-corrected chi connectivity index (χ2v) is 5.20. The number of carbonyl (C=O) groups is 1. The molecule has 2 N–H and O–H groups in total. The minimum atomic E-state index is -0.0711. The highest BCUT2D eigenvalue weighted by atomic mass is 16.5. The molecule has 1 aliphatic rings. The van der Waals surface area contributed by atoms with Gasteiger partial charge >= 0.3 is 0 Å². The lowest BCUT2D eigenvalue weighted by molar-refractivity contribution is -0.120. The summed E-state index contributed by atoms with van der Waals surface area (Å²) in [5.74, 6) is 0.565. The van der Waals surface area contributed by atoms with E-state index >= 15 is 0 Å². The van der Waals surface area contributed by atoms with Crippen LogP contribution in [-0.4, -0.2) is 37.7 Å². The third kappa shape index (κ3) is 4.94. The quantitative estimate of drug-likeness (QED) is 0.710. The van der Waals surface area contributed by atoms with Gasteiger partial charge in [0.25, 0.3) is 0 Å². The van der Waals surface area contributed by atoms with Crippen LogP contribution < -0.4 is 10.6 Å². The van der Waals surface area contributed by atoms with Gasteiger partial charge in [-0.05, 0) is 25.7 Å². The second-order valence-electron chi connectivity index (χ2n) is 5.20. The molecule has 1 aliphatic heterocycles. The molecule has 4 nitrogen and oxygen atoms in total. The third-order valence-corrected chi connectivity index (χ3v) is 2.79. The summed E-state index contributed by atoms with van der Waals surface area (Å²) in [7, 11) is 0. The Morgan fingerprint density at radius 1 is 1.50 bits per heavy atom. The summed E-state index contributed by atoms with van der Waals surface area (Å²) < 4.78 is 5.63. The lowest BCUT2D eigenvalue weighted by Gasteiger charge is -2.23. The van der Waals surface area contributed by atoms with Crippen LogP contribution in [0.3, 0.4) is 0 Å². The lowest BCUT2D eigenvalue weighted by Crippen LogP contribution is -2.42. The van der Waals surface area contributed by atoms with Crippen LogP contribution in [0.25, 0.3) is 0 Å². The van der Waals surface area contributed by atoms with Crippen molar-refractivity contribution in [2.45, 2.75) is 39.2 Å².